The quantitative estimate of drug-likeness (QED) is 0.257. The molecule has 0 aliphatic carbocycles. The summed E-state index contributed by atoms with van der Waals surface area (Å²) in [5.74, 6) is 0.0764. The maximum absolute atomic E-state index is 13.5. The molecular weight excluding hydrogens is 573 g/mol. The Labute approximate surface area is 252 Å². The van der Waals surface area contributed by atoms with E-state index in [1.165, 1.54) is 38.5 Å². The third kappa shape index (κ3) is 5.77. The summed E-state index contributed by atoms with van der Waals surface area (Å²) in [6, 6.07) is 12.2. The largest absolute Gasteiger partial charge is 0.494 e. The molecule has 228 valence electrons. The van der Waals surface area contributed by atoms with Gasteiger partial charge in [0.1, 0.15) is 23.1 Å². The van der Waals surface area contributed by atoms with Crippen molar-refractivity contribution in [3.63, 3.8) is 0 Å². The molecule has 4 amide bonds. The van der Waals surface area contributed by atoms with Crippen molar-refractivity contribution in [1.29, 1.82) is 0 Å². The Balaban J connectivity index is 1.40. The number of methoxy groups -OCH3 is 3. The van der Waals surface area contributed by atoms with Gasteiger partial charge in [0.05, 0.1) is 38.2 Å². The number of anilines is 2. The molecule has 2 N–H and O–H groups in total. The standard InChI is InChI=1S/C31H30FN5O7/c1-17(2)37-31(40)36(19-8-6-18(32)7-9-19)30(39)28(35-37)29(38)34-22-11-10-20(14-25(22)41-3)44-24-12-13-33-23-16-27(43-5)26(42-4)15-21(23)24/h6-17,28,35H,1-5H3,(H,34,38). The van der Waals surface area contributed by atoms with E-state index in [4.69, 9.17) is 18.9 Å². The number of aromatic nitrogens is 1. The Morgan fingerprint density at radius 3 is 2.25 bits per heavy atom. The van der Waals surface area contributed by atoms with Crippen LogP contribution in [0.2, 0.25) is 0 Å². The van der Waals surface area contributed by atoms with Gasteiger partial charge >= 0.3 is 6.03 Å². The summed E-state index contributed by atoms with van der Waals surface area (Å²) in [6.07, 6.45) is 1.60. The number of amides is 4. The topological polar surface area (TPSA) is 132 Å². The predicted octanol–water partition coefficient (Wildman–Crippen LogP) is 4.88. The van der Waals surface area contributed by atoms with Crippen LogP contribution in [0.15, 0.2) is 66.9 Å². The fourth-order valence-corrected chi connectivity index (χ4v) is 4.66. The third-order valence-corrected chi connectivity index (χ3v) is 6.86. The van der Waals surface area contributed by atoms with Crippen LogP contribution in [0.4, 0.5) is 20.6 Å². The number of rotatable bonds is 9. The van der Waals surface area contributed by atoms with E-state index in [0.717, 1.165) is 17.0 Å². The Kier molecular flexibility index (Phi) is 8.49. The minimum Gasteiger partial charge on any atom is -0.494 e. The summed E-state index contributed by atoms with van der Waals surface area (Å²) in [4.78, 5) is 45.2. The van der Waals surface area contributed by atoms with Crippen molar-refractivity contribution in [3.8, 4) is 28.7 Å². The molecule has 1 saturated heterocycles. The van der Waals surface area contributed by atoms with Crippen LogP contribution in [0.1, 0.15) is 13.8 Å². The minimum atomic E-state index is -1.48. The summed E-state index contributed by atoms with van der Waals surface area (Å²) >= 11 is 0. The number of hydrazine groups is 1. The first-order valence-corrected chi connectivity index (χ1v) is 13.5. The van der Waals surface area contributed by atoms with Crippen LogP contribution in [0.3, 0.4) is 0 Å². The normalized spacial score (nSPS) is 15.0. The first-order valence-electron chi connectivity index (χ1n) is 13.5. The van der Waals surface area contributed by atoms with Crippen LogP contribution in [0.25, 0.3) is 10.9 Å². The van der Waals surface area contributed by atoms with E-state index in [9.17, 15) is 18.8 Å². The molecule has 1 aliphatic heterocycles. The number of halogens is 1. The molecule has 1 aliphatic rings. The number of pyridine rings is 1. The lowest BCUT2D eigenvalue weighted by Crippen LogP contribution is -2.70. The van der Waals surface area contributed by atoms with Gasteiger partial charge in [0, 0.05) is 29.8 Å². The van der Waals surface area contributed by atoms with Gasteiger partial charge in [0.15, 0.2) is 17.5 Å². The fraction of sp³-hybridized carbons (Fsp3) is 0.226. The second-order valence-corrected chi connectivity index (χ2v) is 9.95. The number of carbonyl (C=O) groups excluding carboxylic acids is 3. The van der Waals surface area contributed by atoms with Crippen LogP contribution in [-0.2, 0) is 9.59 Å². The van der Waals surface area contributed by atoms with Gasteiger partial charge in [0.2, 0.25) is 0 Å². The maximum atomic E-state index is 13.5. The first kappa shape index (κ1) is 30.0. The molecule has 0 spiro atoms. The molecule has 0 saturated carbocycles. The zero-order valence-electron chi connectivity index (χ0n) is 24.6. The second-order valence-electron chi connectivity index (χ2n) is 9.95. The molecule has 0 radical (unpaired) electrons. The molecule has 1 unspecified atom stereocenters. The van der Waals surface area contributed by atoms with Gasteiger partial charge in [-0.25, -0.2) is 19.5 Å². The maximum Gasteiger partial charge on any atom is 0.346 e. The number of benzene rings is 3. The van der Waals surface area contributed by atoms with E-state index in [1.807, 2.05) is 0 Å². The molecule has 5 rings (SSSR count). The molecule has 1 aromatic heterocycles. The Hall–Kier alpha value is -5.43. The predicted molar refractivity (Wildman–Crippen MR) is 160 cm³/mol. The molecule has 1 atom stereocenters. The van der Waals surface area contributed by atoms with Crippen LogP contribution in [0.5, 0.6) is 28.7 Å². The Morgan fingerprint density at radius 2 is 1.59 bits per heavy atom. The lowest BCUT2D eigenvalue weighted by atomic mass is 10.1. The number of ether oxygens (including phenoxy) is 4. The molecule has 1 fully saturated rings. The van der Waals surface area contributed by atoms with Gasteiger partial charge < -0.3 is 24.3 Å². The van der Waals surface area contributed by atoms with Crippen molar-refractivity contribution in [2.75, 3.05) is 31.5 Å². The lowest BCUT2D eigenvalue weighted by molar-refractivity contribution is -0.131. The number of imide groups is 1. The smallest absolute Gasteiger partial charge is 0.346 e. The molecule has 0 bridgehead atoms. The zero-order chi connectivity index (χ0) is 31.5. The van der Waals surface area contributed by atoms with Gasteiger partial charge in [-0.1, -0.05) is 0 Å². The first-order chi connectivity index (χ1) is 21.1. The van der Waals surface area contributed by atoms with Crippen LogP contribution >= 0.6 is 0 Å². The second kappa shape index (κ2) is 12.4. The molecule has 13 heteroatoms. The molecule has 12 nitrogen and oxygen atoms in total. The summed E-state index contributed by atoms with van der Waals surface area (Å²) in [5, 5.41) is 4.55. The van der Waals surface area contributed by atoms with E-state index in [0.29, 0.717) is 33.9 Å². The van der Waals surface area contributed by atoms with Crippen molar-refractivity contribution in [2.45, 2.75) is 25.9 Å². The van der Waals surface area contributed by atoms with Crippen molar-refractivity contribution in [2.24, 2.45) is 0 Å². The van der Waals surface area contributed by atoms with E-state index >= 15 is 0 Å². The summed E-state index contributed by atoms with van der Waals surface area (Å²) in [5.41, 5.74) is 3.73. The number of nitrogens with zero attached hydrogens (tertiary/aromatic N) is 3. The van der Waals surface area contributed by atoms with Gasteiger partial charge in [-0.2, -0.15) is 0 Å². The SMILES string of the molecule is COc1cc(Oc2ccnc3cc(OC)c(OC)cc23)ccc1NC(=O)C1NN(C(C)C)C(=O)N(c2ccc(F)cc2)C1=O. The zero-order valence-corrected chi connectivity index (χ0v) is 24.6. The Morgan fingerprint density at radius 1 is 0.909 bits per heavy atom. The number of hydrogen-bond donors (Lipinski definition) is 2. The van der Waals surface area contributed by atoms with E-state index < -0.39 is 35.7 Å². The number of hydrogen-bond acceptors (Lipinski definition) is 9. The van der Waals surface area contributed by atoms with Crippen LogP contribution in [0, 0.1) is 5.82 Å². The number of urea groups is 1. The van der Waals surface area contributed by atoms with Crippen LogP contribution < -0.4 is 34.6 Å². The highest BCUT2D eigenvalue weighted by molar-refractivity contribution is 6.25. The highest BCUT2D eigenvalue weighted by atomic mass is 19.1. The molecular formula is C31H30FN5O7. The summed E-state index contributed by atoms with van der Waals surface area (Å²) < 4.78 is 36.0. The number of fused-ring (bicyclic) bond motifs is 1. The molecule has 44 heavy (non-hydrogen) atoms. The van der Waals surface area contributed by atoms with Gasteiger partial charge in [0.25, 0.3) is 11.8 Å². The summed E-state index contributed by atoms with van der Waals surface area (Å²) in [7, 11) is 4.50. The van der Waals surface area contributed by atoms with E-state index in [2.05, 4.69) is 15.7 Å². The fourth-order valence-electron chi connectivity index (χ4n) is 4.66. The summed E-state index contributed by atoms with van der Waals surface area (Å²) in [6.45, 7) is 3.44. The van der Waals surface area contributed by atoms with E-state index in [1.54, 1.807) is 56.4 Å². The van der Waals surface area contributed by atoms with Crippen LogP contribution in [-0.4, -0.2) is 61.3 Å². The van der Waals surface area contributed by atoms with E-state index in [-0.39, 0.29) is 17.1 Å². The lowest BCUT2D eigenvalue weighted by Gasteiger charge is -2.40. The number of carbonyl (C=O) groups is 3. The Bertz CT molecular complexity index is 1730. The highest BCUT2D eigenvalue weighted by Gasteiger charge is 2.44. The average molecular weight is 604 g/mol. The highest BCUT2D eigenvalue weighted by Crippen LogP contribution is 2.38. The minimum absolute atomic E-state index is 0.130. The molecule has 3 aromatic carbocycles. The van der Waals surface area contributed by atoms with Gasteiger partial charge in [-0.15, -0.1) is 0 Å². The van der Waals surface area contributed by atoms with Crippen molar-refractivity contribution >= 4 is 40.1 Å². The third-order valence-electron chi connectivity index (χ3n) is 6.86. The van der Waals surface area contributed by atoms with Crippen molar-refractivity contribution in [1.82, 2.24) is 15.4 Å². The van der Waals surface area contributed by atoms with Crippen molar-refractivity contribution < 1.29 is 37.7 Å². The number of nitrogens with one attached hydrogen (secondary N) is 2. The average Bonchev–Trinajstić information content (AvgIpc) is 3.01. The molecule has 2 heterocycles. The van der Waals surface area contributed by atoms with Gasteiger partial charge in [-0.05, 0) is 62.4 Å². The molecule has 4 aromatic rings. The monoisotopic (exact) mass is 603 g/mol. The van der Waals surface area contributed by atoms with Gasteiger partial charge in [-0.3, -0.25) is 19.6 Å². The van der Waals surface area contributed by atoms with Crippen molar-refractivity contribution in [3.05, 3.63) is 72.7 Å².